The second-order valence-electron chi connectivity index (χ2n) is 8.31. The number of nitrogens with zero attached hydrogens (tertiary/aromatic N) is 2. The number of likely N-dealkylation sites (N-methyl/N-ethyl adjacent to an activating group) is 1. The lowest BCUT2D eigenvalue weighted by Crippen LogP contribution is -2.40. The summed E-state index contributed by atoms with van der Waals surface area (Å²) >= 11 is 0. The molecule has 0 aromatic heterocycles. The minimum atomic E-state index is -0.0815. The molecule has 4 rings (SSSR count). The molecule has 2 aliphatic rings. The number of likely N-dealkylation sites (tertiary alicyclic amines) is 1. The Bertz CT molecular complexity index is 805. The maximum Gasteiger partial charge on any atom is 0.229 e. The van der Waals surface area contributed by atoms with Gasteiger partial charge in [0.25, 0.3) is 0 Å². The van der Waals surface area contributed by atoms with Crippen LogP contribution in [0, 0.1) is 12.8 Å². The van der Waals surface area contributed by atoms with Gasteiger partial charge < -0.3 is 9.80 Å². The number of carbonyl (C=O) groups excluding carboxylic acids is 1. The zero-order valence-electron chi connectivity index (χ0n) is 16.9. The number of nitrogens with one attached hydrogen (secondary N) is 2. The molecule has 2 aromatic carbocycles. The average Bonchev–Trinajstić information content (AvgIpc) is 3.36. The van der Waals surface area contributed by atoms with E-state index in [1.807, 2.05) is 18.2 Å². The fourth-order valence-electron chi connectivity index (χ4n) is 4.57. The van der Waals surface area contributed by atoms with Gasteiger partial charge in [0.2, 0.25) is 5.91 Å². The van der Waals surface area contributed by atoms with Gasteiger partial charge in [0.15, 0.2) is 0 Å². The van der Waals surface area contributed by atoms with Crippen molar-refractivity contribution < 1.29 is 4.79 Å². The van der Waals surface area contributed by atoms with Gasteiger partial charge in [-0.15, -0.1) is 0 Å². The van der Waals surface area contributed by atoms with Gasteiger partial charge in [-0.2, -0.15) is 0 Å². The molecule has 2 saturated heterocycles. The predicted octanol–water partition coefficient (Wildman–Crippen LogP) is 2.32. The van der Waals surface area contributed by atoms with E-state index in [9.17, 15) is 4.79 Å². The Kier molecular flexibility index (Phi) is 5.49. The summed E-state index contributed by atoms with van der Waals surface area (Å²) < 4.78 is 0. The lowest BCUT2D eigenvalue weighted by Gasteiger charge is -2.26. The average molecular weight is 379 g/mol. The summed E-state index contributed by atoms with van der Waals surface area (Å²) in [6, 6.07) is 19.4. The lowest BCUT2D eigenvalue weighted by molar-refractivity contribution is -0.134. The van der Waals surface area contributed by atoms with Crippen molar-refractivity contribution in [1.29, 1.82) is 0 Å². The van der Waals surface area contributed by atoms with Gasteiger partial charge in [-0.1, -0.05) is 60.2 Å². The molecule has 5 nitrogen and oxygen atoms in total. The van der Waals surface area contributed by atoms with Crippen LogP contribution in [0.5, 0.6) is 0 Å². The Morgan fingerprint density at radius 1 is 1.00 bits per heavy atom. The van der Waals surface area contributed by atoms with E-state index in [4.69, 9.17) is 0 Å². The normalized spacial score (nSPS) is 27.5. The number of hydrogen-bond donors (Lipinski definition) is 2. The summed E-state index contributed by atoms with van der Waals surface area (Å²) in [4.78, 5) is 17.8. The second-order valence-corrected chi connectivity index (χ2v) is 8.31. The van der Waals surface area contributed by atoms with Gasteiger partial charge in [-0.3, -0.25) is 10.2 Å². The molecule has 2 N–H and O–H groups in total. The van der Waals surface area contributed by atoms with Crippen molar-refractivity contribution in [3.8, 4) is 0 Å². The van der Waals surface area contributed by atoms with Crippen molar-refractivity contribution >= 4 is 5.91 Å². The van der Waals surface area contributed by atoms with Crippen molar-refractivity contribution in [2.45, 2.75) is 24.9 Å². The predicted molar refractivity (Wildman–Crippen MR) is 112 cm³/mol. The second kappa shape index (κ2) is 8.03. The molecule has 2 fully saturated rings. The highest BCUT2D eigenvalue weighted by molar-refractivity contribution is 5.81. The molecule has 1 amide bonds. The van der Waals surface area contributed by atoms with Crippen LogP contribution in [0.25, 0.3) is 0 Å². The van der Waals surface area contributed by atoms with E-state index in [1.165, 1.54) is 11.1 Å². The Hall–Kier alpha value is -2.21. The maximum absolute atomic E-state index is 13.5. The van der Waals surface area contributed by atoms with E-state index in [0.29, 0.717) is 18.5 Å². The van der Waals surface area contributed by atoms with Gasteiger partial charge in [-0.05, 0) is 32.1 Å². The molecule has 0 radical (unpaired) electrons. The highest BCUT2D eigenvalue weighted by Crippen LogP contribution is 2.34. The zero-order chi connectivity index (χ0) is 19.7. The van der Waals surface area contributed by atoms with E-state index in [0.717, 1.165) is 18.7 Å². The zero-order valence-corrected chi connectivity index (χ0v) is 16.9. The van der Waals surface area contributed by atoms with E-state index < -0.39 is 0 Å². The van der Waals surface area contributed by atoms with Gasteiger partial charge in [0.05, 0.1) is 12.0 Å². The summed E-state index contributed by atoms with van der Waals surface area (Å²) in [6.07, 6.45) is 0. The quantitative estimate of drug-likeness (QED) is 0.857. The van der Waals surface area contributed by atoms with Gasteiger partial charge in [0, 0.05) is 31.6 Å². The van der Waals surface area contributed by atoms with Crippen LogP contribution in [-0.2, 0) is 4.79 Å². The summed E-state index contributed by atoms with van der Waals surface area (Å²) in [5.41, 5.74) is 10.2. The number of rotatable bonds is 4. The van der Waals surface area contributed by atoms with Crippen LogP contribution >= 0.6 is 0 Å². The van der Waals surface area contributed by atoms with Crippen LogP contribution in [0.4, 0.5) is 0 Å². The van der Waals surface area contributed by atoms with E-state index >= 15 is 0 Å². The molecule has 0 bridgehead atoms. The van der Waals surface area contributed by atoms with Crippen molar-refractivity contribution in [2.24, 2.45) is 5.92 Å². The Balaban J connectivity index is 1.54. The molecule has 5 heteroatoms. The Morgan fingerprint density at radius 2 is 1.71 bits per heavy atom. The van der Waals surface area contributed by atoms with Crippen LogP contribution in [0.2, 0.25) is 0 Å². The minimum Gasteiger partial charge on any atom is -0.340 e. The maximum atomic E-state index is 13.5. The number of aryl methyl sites for hydroxylation is 1. The van der Waals surface area contributed by atoms with Crippen LogP contribution in [0.3, 0.4) is 0 Å². The lowest BCUT2D eigenvalue weighted by atomic mass is 9.93. The highest BCUT2D eigenvalue weighted by Gasteiger charge is 2.42. The number of carbonyl (C=O) groups is 1. The number of benzene rings is 2. The van der Waals surface area contributed by atoms with Crippen LogP contribution < -0.4 is 10.9 Å². The fourth-order valence-corrected chi connectivity index (χ4v) is 4.57. The molecule has 4 atom stereocenters. The number of hydrogen-bond acceptors (Lipinski definition) is 4. The van der Waals surface area contributed by atoms with Crippen LogP contribution in [0.1, 0.15) is 28.7 Å². The summed E-state index contributed by atoms with van der Waals surface area (Å²) in [5, 5.41) is 0. The van der Waals surface area contributed by atoms with Crippen LogP contribution in [-0.4, -0.2) is 55.5 Å². The molecule has 0 aliphatic carbocycles. The third-order valence-corrected chi connectivity index (χ3v) is 6.23. The smallest absolute Gasteiger partial charge is 0.229 e. The molecule has 2 aromatic rings. The van der Waals surface area contributed by atoms with Crippen molar-refractivity contribution in [3.63, 3.8) is 0 Å². The van der Waals surface area contributed by atoms with Gasteiger partial charge >= 0.3 is 0 Å². The third-order valence-electron chi connectivity index (χ3n) is 6.23. The first-order valence-electron chi connectivity index (χ1n) is 10.1. The van der Waals surface area contributed by atoms with E-state index in [2.05, 4.69) is 78.1 Å². The van der Waals surface area contributed by atoms with Gasteiger partial charge in [-0.25, -0.2) is 5.43 Å². The number of amides is 1. The highest BCUT2D eigenvalue weighted by atomic mass is 16.2. The molecule has 148 valence electrons. The van der Waals surface area contributed by atoms with Crippen molar-refractivity contribution in [3.05, 3.63) is 71.3 Å². The molecule has 2 aliphatic heterocycles. The van der Waals surface area contributed by atoms with Gasteiger partial charge in [0.1, 0.15) is 0 Å². The molecule has 0 saturated carbocycles. The largest absolute Gasteiger partial charge is 0.340 e. The van der Waals surface area contributed by atoms with Crippen molar-refractivity contribution in [2.75, 3.05) is 33.7 Å². The molecular weight excluding hydrogens is 348 g/mol. The molecule has 28 heavy (non-hydrogen) atoms. The topological polar surface area (TPSA) is 47.6 Å². The first kappa shape index (κ1) is 19.1. The molecule has 2 heterocycles. The Morgan fingerprint density at radius 3 is 2.39 bits per heavy atom. The Labute approximate surface area is 167 Å². The summed E-state index contributed by atoms with van der Waals surface area (Å²) in [7, 11) is 4.23. The minimum absolute atomic E-state index is 0.0185. The monoisotopic (exact) mass is 378 g/mol. The standard InChI is InChI=1S/C23H30N4O/c1-16-9-11-17(12-10-16)20-14-27(15-21(20)26(2)3)23(28)19-13-24-25-22(19)18-7-5-4-6-8-18/h4-12,19-22,24-25H,13-15H2,1-3H3/t19?,20-,21+,22?/m0/s1. The number of hydrazine groups is 1. The first-order chi connectivity index (χ1) is 13.5. The molecular formula is C23H30N4O. The molecule has 0 spiro atoms. The van der Waals surface area contributed by atoms with Crippen molar-refractivity contribution in [1.82, 2.24) is 20.7 Å². The fraction of sp³-hybridized carbons (Fsp3) is 0.435. The molecule has 2 unspecified atom stereocenters. The van der Waals surface area contributed by atoms with Crippen LogP contribution in [0.15, 0.2) is 54.6 Å². The summed E-state index contributed by atoms with van der Waals surface area (Å²) in [6.45, 7) is 4.34. The van der Waals surface area contributed by atoms with E-state index in [-0.39, 0.29) is 17.9 Å². The van der Waals surface area contributed by atoms with E-state index in [1.54, 1.807) is 0 Å². The SMILES string of the molecule is Cc1ccc([C@@H]2CN(C(=O)C3CNNC3c3ccccc3)C[C@H]2N(C)C)cc1. The first-order valence-corrected chi connectivity index (χ1v) is 10.1. The summed E-state index contributed by atoms with van der Waals surface area (Å²) in [5.74, 6) is 0.506. The third kappa shape index (κ3) is 3.70.